The molecule has 0 aromatic carbocycles. The van der Waals surface area contributed by atoms with Crippen molar-refractivity contribution in [3.63, 3.8) is 0 Å². The normalized spacial score (nSPS) is 19.9. The molecule has 3 rings (SSSR count). The first kappa shape index (κ1) is 18.1. The highest BCUT2D eigenvalue weighted by Crippen LogP contribution is 2.24. The number of carbonyl (C=O) groups excluding carboxylic acids is 1. The van der Waals surface area contributed by atoms with Crippen molar-refractivity contribution >= 4 is 11.9 Å². The molecule has 2 aromatic rings. The summed E-state index contributed by atoms with van der Waals surface area (Å²) in [5.41, 5.74) is 2.37. The molecule has 7 nitrogen and oxygen atoms in total. The molecule has 2 unspecified atom stereocenters. The Bertz CT molecular complexity index is 778. The van der Waals surface area contributed by atoms with Gasteiger partial charge in [0.1, 0.15) is 0 Å². The van der Waals surface area contributed by atoms with Gasteiger partial charge in [-0.2, -0.15) is 4.98 Å². The highest BCUT2D eigenvalue weighted by molar-refractivity contribution is 5.94. The Kier molecular flexibility index (Phi) is 5.35. The third-order valence-corrected chi connectivity index (χ3v) is 4.67. The van der Waals surface area contributed by atoms with Crippen LogP contribution in [0.4, 0.5) is 5.95 Å². The van der Waals surface area contributed by atoms with Crippen LogP contribution in [-0.2, 0) is 0 Å². The van der Waals surface area contributed by atoms with Gasteiger partial charge in [0.2, 0.25) is 11.8 Å². The van der Waals surface area contributed by atoms with Gasteiger partial charge < -0.3 is 15.0 Å². The molecule has 1 saturated heterocycles. The maximum absolute atomic E-state index is 12.4. The lowest BCUT2D eigenvalue weighted by atomic mass is 9.98. The number of ether oxygens (including phenoxy) is 1. The van der Waals surface area contributed by atoms with Crippen LogP contribution in [0.2, 0.25) is 0 Å². The Morgan fingerprint density at radius 2 is 2.08 bits per heavy atom. The van der Waals surface area contributed by atoms with Crippen molar-refractivity contribution in [2.75, 3.05) is 18.6 Å². The quantitative estimate of drug-likeness (QED) is 0.906. The largest absolute Gasteiger partial charge is 0.481 e. The van der Waals surface area contributed by atoms with Crippen LogP contribution >= 0.6 is 0 Å². The van der Waals surface area contributed by atoms with E-state index < -0.39 is 0 Å². The molecule has 0 spiro atoms. The van der Waals surface area contributed by atoms with Crippen LogP contribution < -0.4 is 15.0 Å². The maximum atomic E-state index is 12.4. The average Bonchev–Trinajstić information content (AvgIpc) is 2.61. The van der Waals surface area contributed by atoms with Gasteiger partial charge in [-0.3, -0.25) is 9.78 Å². The molecular weight excluding hydrogens is 330 g/mol. The number of aryl methyl sites for hydroxylation is 2. The number of amides is 1. The number of hydrogen-bond donors (Lipinski definition) is 1. The molecule has 1 aliphatic rings. The van der Waals surface area contributed by atoms with Crippen molar-refractivity contribution in [2.24, 2.45) is 0 Å². The summed E-state index contributed by atoms with van der Waals surface area (Å²) in [6, 6.07) is 5.82. The number of hydrogen-bond acceptors (Lipinski definition) is 6. The van der Waals surface area contributed by atoms with E-state index in [9.17, 15) is 4.79 Å². The summed E-state index contributed by atoms with van der Waals surface area (Å²) in [5, 5.41) is 3.12. The maximum Gasteiger partial charge on any atom is 0.253 e. The predicted octanol–water partition coefficient (Wildman–Crippen LogP) is 2.28. The number of pyridine rings is 1. The first-order valence-corrected chi connectivity index (χ1v) is 8.86. The van der Waals surface area contributed by atoms with Crippen molar-refractivity contribution in [1.29, 1.82) is 0 Å². The average molecular weight is 355 g/mol. The molecule has 2 atom stereocenters. The molecule has 0 saturated carbocycles. The van der Waals surface area contributed by atoms with E-state index in [2.05, 4.69) is 32.1 Å². The Labute approximate surface area is 153 Å². The highest BCUT2D eigenvalue weighted by Gasteiger charge is 2.28. The smallest absolute Gasteiger partial charge is 0.253 e. The van der Waals surface area contributed by atoms with Crippen LogP contribution in [0.1, 0.15) is 41.5 Å². The topological polar surface area (TPSA) is 80.2 Å². The molecule has 0 radical (unpaired) electrons. The van der Waals surface area contributed by atoms with E-state index in [1.165, 1.54) is 0 Å². The molecule has 138 valence electrons. The van der Waals surface area contributed by atoms with Crippen LogP contribution in [0.3, 0.4) is 0 Å². The lowest BCUT2D eigenvalue weighted by Crippen LogP contribution is -2.49. The SMILES string of the molecule is COc1cc(C)nc(N2CCC(NC(=O)c3ccc(C)nc3)CC2C)n1. The lowest BCUT2D eigenvalue weighted by molar-refractivity contribution is 0.0928. The van der Waals surface area contributed by atoms with Gasteiger partial charge >= 0.3 is 0 Å². The summed E-state index contributed by atoms with van der Waals surface area (Å²) in [7, 11) is 1.61. The molecule has 1 N–H and O–H groups in total. The first-order valence-electron chi connectivity index (χ1n) is 8.86. The van der Waals surface area contributed by atoms with E-state index in [1.54, 1.807) is 13.3 Å². The number of rotatable bonds is 4. The van der Waals surface area contributed by atoms with E-state index in [0.717, 1.165) is 30.8 Å². The number of piperidine rings is 1. The third-order valence-electron chi connectivity index (χ3n) is 4.67. The second kappa shape index (κ2) is 7.68. The molecule has 1 amide bonds. The van der Waals surface area contributed by atoms with E-state index in [1.807, 2.05) is 32.0 Å². The monoisotopic (exact) mass is 355 g/mol. The number of methoxy groups -OCH3 is 1. The summed E-state index contributed by atoms with van der Waals surface area (Å²) in [6.07, 6.45) is 3.30. The molecular formula is C19H25N5O2. The Morgan fingerprint density at radius 1 is 1.27 bits per heavy atom. The molecule has 3 heterocycles. The van der Waals surface area contributed by atoms with Crippen molar-refractivity contribution in [3.05, 3.63) is 41.3 Å². The molecule has 26 heavy (non-hydrogen) atoms. The van der Waals surface area contributed by atoms with Crippen LogP contribution in [-0.4, -0.2) is 46.6 Å². The Hall–Kier alpha value is -2.70. The van der Waals surface area contributed by atoms with Crippen molar-refractivity contribution < 1.29 is 9.53 Å². The van der Waals surface area contributed by atoms with Crippen LogP contribution in [0.25, 0.3) is 0 Å². The standard InChI is InChI=1S/C19H25N5O2/c1-12-5-6-15(11-20-12)18(25)22-16-7-8-24(14(3)10-16)19-21-13(2)9-17(23-19)26-4/h5-6,9,11,14,16H,7-8,10H2,1-4H3,(H,22,25). The molecule has 1 aliphatic heterocycles. The number of nitrogens with zero attached hydrogens (tertiary/aromatic N) is 4. The second-order valence-corrected chi connectivity index (χ2v) is 6.78. The van der Waals surface area contributed by atoms with Gasteiger partial charge in [-0.05, 0) is 45.7 Å². The number of carbonyl (C=O) groups is 1. The van der Waals surface area contributed by atoms with Crippen LogP contribution in [0, 0.1) is 13.8 Å². The highest BCUT2D eigenvalue weighted by atomic mass is 16.5. The van der Waals surface area contributed by atoms with Gasteiger partial charge in [0.05, 0.1) is 12.7 Å². The second-order valence-electron chi connectivity index (χ2n) is 6.78. The fourth-order valence-electron chi connectivity index (χ4n) is 3.23. The summed E-state index contributed by atoms with van der Waals surface area (Å²) < 4.78 is 5.25. The van der Waals surface area contributed by atoms with Gasteiger partial charge in [0.25, 0.3) is 5.91 Å². The zero-order chi connectivity index (χ0) is 18.7. The number of aromatic nitrogens is 3. The first-order chi connectivity index (χ1) is 12.5. The summed E-state index contributed by atoms with van der Waals surface area (Å²) in [4.78, 5) is 27.8. The summed E-state index contributed by atoms with van der Waals surface area (Å²) in [6.45, 7) is 6.75. The molecule has 0 bridgehead atoms. The van der Waals surface area contributed by atoms with Gasteiger partial charge in [0, 0.05) is 42.3 Å². The Balaban J connectivity index is 1.64. The summed E-state index contributed by atoms with van der Waals surface area (Å²) in [5.74, 6) is 1.18. The van der Waals surface area contributed by atoms with Gasteiger partial charge in [-0.1, -0.05) is 0 Å². The fraction of sp³-hybridized carbons (Fsp3) is 0.474. The zero-order valence-electron chi connectivity index (χ0n) is 15.7. The Morgan fingerprint density at radius 3 is 2.73 bits per heavy atom. The number of anilines is 1. The zero-order valence-corrected chi connectivity index (χ0v) is 15.7. The van der Waals surface area contributed by atoms with E-state index in [0.29, 0.717) is 17.4 Å². The van der Waals surface area contributed by atoms with Crippen LogP contribution in [0.15, 0.2) is 24.4 Å². The van der Waals surface area contributed by atoms with Gasteiger partial charge in [-0.15, -0.1) is 0 Å². The minimum Gasteiger partial charge on any atom is -0.481 e. The molecule has 1 fully saturated rings. The third kappa shape index (κ3) is 4.09. The van der Waals surface area contributed by atoms with E-state index >= 15 is 0 Å². The van der Waals surface area contributed by atoms with Gasteiger partial charge in [0.15, 0.2) is 0 Å². The summed E-state index contributed by atoms with van der Waals surface area (Å²) >= 11 is 0. The number of nitrogens with one attached hydrogen (secondary N) is 1. The fourth-order valence-corrected chi connectivity index (χ4v) is 3.23. The predicted molar refractivity (Wildman–Crippen MR) is 99.6 cm³/mol. The van der Waals surface area contributed by atoms with E-state index in [4.69, 9.17) is 4.74 Å². The molecule has 0 aliphatic carbocycles. The van der Waals surface area contributed by atoms with Crippen LogP contribution in [0.5, 0.6) is 5.88 Å². The van der Waals surface area contributed by atoms with Crippen molar-refractivity contribution in [1.82, 2.24) is 20.3 Å². The molecule has 7 heteroatoms. The minimum absolute atomic E-state index is 0.0726. The van der Waals surface area contributed by atoms with Crippen molar-refractivity contribution in [3.8, 4) is 5.88 Å². The van der Waals surface area contributed by atoms with E-state index in [-0.39, 0.29) is 18.0 Å². The van der Waals surface area contributed by atoms with Crippen molar-refractivity contribution in [2.45, 2.75) is 45.7 Å². The minimum atomic E-state index is -0.0726. The lowest BCUT2D eigenvalue weighted by Gasteiger charge is -2.38. The molecule has 2 aromatic heterocycles. The van der Waals surface area contributed by atoms with Gasteiger partial charge in [-0.25, -0.2) is 4.98 Å².